The number of carboxylic acids is 1. The van der Waals surface area contributed by atoms with Gasteiger partial charge in [0.25, 0.3) is 0 Å². The van der Waals surface area contributed by atoms with Crippen molar-refractivity contribution in [3.05, 3.63) is 35.3 Å². The number of aromatic carboxylic acids is 1. The summed E-state index contributed by atoms with van der Waals surface area (Å²) in [7, 11) is 0. The molecule has 0 amide bonds. The molecular formula is C11H11N3O2. The van der Waals surface area contributed by atoms with Gasteiger partial charge in [-0.25, -0.2) is 14.8 Å². The Hall–Kier alpha value is -2.17. The molecule has 0 saturated carbocycles. The maximum Gasteiger partial charge on any atom is 0.339 e. The highest BCUT2D eigenvalue weighted by molar-refractivity contribution is 5.90. The summed E-state index contributed by atoms with van der Waals surface area (Å²) in [6.07, 6.45) is 1.77. The molecule has 0 atom stereocenters. The lowest BCUT2D eigenvalue weighted by Gasteiger charge is -2.06. The van der Waals surface area contributed by atoms with Gasteiger partial charge >= 0.3 is 5.97 Å². The van der Waals surface area contributed by atoms with E-state index in [1.54, 1.807) is 20.0 Å². The summed E-state index contributed by atoms with van der Waals surface area (Å²) in [6.45, 7) is 3.34. The van der Waals surface area contributed by atoms with Gasteiger partial charge in [-0.15, -0.1) is 0 Å². The van der Waals surface area contributed by atoms with E-state index in [0.29, 0.717) is 17.2 Å². The molecule has 0 spiro atoms. The van der Waals surface area contributed by atoms with Gasteiger partial charge in [-0.3, -0.25) is 0 Å². The number of hydrogen-bond donors (Lipinski definition) is 2. The number of aryl methyl sites for hydroxylation is 2. The van der Waals surface area contributed by atoms with Crippen molar-refractivity contribution < 1.29 is 9.90 Å². The van der Waals surface area contributed by atoms with Crippen LogP contribution in [-0.4, -0.2) is 26.0 Å². The first kappa shape index (κ1) is 10.4. The fourth-order valence-corrected chi connectivity index (χ4v) is 1.62. The largest absolute Gasteiger partial charge is 0.478 e. The third-order valence-corrected chi connectivity index (χ3v) is 2.32. The summed E-state index contributed by atoms with van der Waals surface area (Å²) >= 11 is 0. The fraction of sp³-hybridized carbons (Fsp3) is 0.182. The highest BCUT2D eigenvalue weighted by Gasteiger charge is 2.15. The van der Waals surface area contributed by atoms with Crippen LogP contribution in [0.4, 0.5) is 0 Å². The van der Waals surface area contributed by atoms with E-state index < -0.39 is 5.97 Å². The number of aromatic amines is 1. The standard InChI is InChI=1S/C11H11N3O2/c1-6-9(11(15)16)7(2)14-10(13-6)8-4-3-5-12-8/h3-5,12H,1-2H3,(H,15,16). The first-order chi connectivity index (χ1) is 7.59. The van der Waals surface area contributed by atoms with Gasteiger partial charge in [0.2, 0.25) is 0 Å². The number of carbonyl (C=O) groups is 1. The molecule has 0 saturated heterocycles. The molecule has 0 aromatic carbocycles. The van der Waals surface area contributed by atoms with Gasteiger partial charge < -0.3 is 10.1 Å². The summed E-state index contributed by atoms with van der Waals surface area (Å²) in [5.74, 6) is -0.474. The maximum atomic E-state index is 11.0. The number of hydrogen-bond acceptors (Lipinski definition) is 3. The summed E-state index contributed by atoms with van der Waals surface area (Å²) < 4.78 is 0. The van der Waals surface area contributed by atoms with Gasteiger partial charge in [-0.05, 0) is 26.0 Å². The van der Waals surface area contributed by atoms with Crippen LogP contribution in [0.25, 0.3) is 11.5 Å². The Morgan fingerprint density at radius 2 is 1.94 bits per heavy atom. The van der Waals surface area contributed by atoms with Crippen LogP contribution in [0.2, 0.25) is 0 Å². The Balaban J connectivity index is 2.58. The van der Waals surface area contributed by atoms with Crippen LogP contribution in [-0.2, 0) is 0 Å². The molecule has 2 heterocycles. The Morgan fingerprint density at radius 3 is 2.38 bits per heavy atom. The number of nitrogens with zero attached hydrogens (tertiary/aromatic N) is 2. The van der Waals surface area contributed by atoms with Crippen molar-refractivity contribution in [2.45, 2.75) is 13.8 Å². The molecule has 0 unspecified atom stereocenters. The highest BCUT2D eigenvalue weighted by atomic mass is 16.4. The van der Waals surface area contributed by atoms with Crippen LogP contribution < -0.4 is 0 Å². The number of H-pyrrole nitrogens is 1. The second kappa shape index (κ2) is 3.77. The minimum absolute atomic E-state index is 0.176. The third-order valence-electron chi connectivity index (χ3n) is 2.32. The van der Waals surface area contributed by atoms with E-state index in [1.165, 1.54) is 0 Å². The summed E-state index contributed by atoms with van der Waals surface area (Å²) in [5, 5.41) is 8.98. The molecule has 0 radical (unpaired) electrons. The van der Waals surface area contributed by atoms with Crippen molar-refractivity contribution in [1.29, 1.82) is 0 Å². The maximum absolute atomic E-state index is 11.0. The van der Waals surface area contributed by atoms with E-state index >= 15 is 0 Å². The predicted octanol–water partition coefficient (Wildman–Crippen LogP) is 1.79. The molecule has 0 fully saturated rings. The molecule has 5 nitrogen and oxygen atoms in total. The molecule has 0 aliphatic carbocycles. The van der Waals surface area contributed by atoms with E-state index in [9.17, 15) is 4.79 Å². The number of carboxylic acid groups (broad SMARTS) is 1. The second-order valence-electron chi connectivity index (χ2n) is 3.48. The monoisotopic (exact) mass is 217 g/mol. The zero-order valence-electron chi connectivity index (χ0n) is 8.98. The van der Waals surface area contributed by atoms with Crippen molar-refractivity contribution in [2.24, 2.45) is 0 Å². The summed E-state index contributed by atoms with van der Waals surface area (Å²) in [5.41, 5.74) is 1.91. The molecule has 2 aromatic rings. The molecular weight excluding hydrogens is 206 g/mol. The van der Waals surface area contributed by atoms with Crippen LogP contribution in [0.3, 0.4) is 0 Å². The molecule has 0 bridgehead atoms. The fourth-order valence-electron chi connectivity index (χ4n) is 1.62. The zero-order valence-corrected chi connectivity index (χ0v) is 8.98. The molecule has 2 aromatic heterocycles. The summed E-state index contributed by atoms with van der Waals surface area (Å²) in [4.78, 5) is 22.3. The van der Waals surface area contributed by atoms with Crippen molar-refractivity contribution in [2.75, 3.05) is 0 Å². The van der Waals surface area contributed by atoms with Crippen LogP contribution in [0, 0.1) is 13.8 Å². The quantitative estimate of drug-likeness (QED) is 0.803. The van der Waals surface area contributed by atoms with Gasteiger partial charge in [0.05, 0.1) is 17.1 Å². The smallest absolute Gasteiger partial charge is 0.339 e. The summed E-state index contributed by atoms with van der Waals surface area (Å²) in [6, 6.07) is 3.68. The molecule has 0 aliphatic heterocycles. The molecule has 0 aliphatic rings. The topological polar surface area (TPSA) is 78.9 Å². The van der Waals surface area contributed by atoms with E-state index in [0.717, 1.165) is 5.69 Å². The second-order valence-corrected chi connectivity index (χ2v) is 3.48. The highest BCUT2D eigenvalue weighted by Crippen LogP contribution is 2.16. The van der Waals surface area contributed by atoms with Crippen LogP contribution in [0.15, 0.2) is 18.3 Å². The number of nitrogens with one attached hydrogen (secondary N) is 1. The van der Waals surface area contributed by atoms with E-state index in [4.69, 9.17) is 5.11 Å². The zero-order chi connectivity index (χ0) is 11.7. The van der Waals surface area contributed by atoms with E-state index in [-0.39, 0.29) is 5.56 Å². The van der Waals surface area contributed by atoms with E-state index in [1.807, 2.05) is 12.1 Å². The Labute approximate surface area is 92.2 Å². The average molecular weight is 217 g/mol. The molecule has 2 rings (SSSR count). The normalized spacial score (nSPS) is 10.4. The number of aromatic nitrogens is 3. The van der Waals surface area contributed by atoms with Gasteiger partial charge in [-0.1, -0.05) is 0 Å². The van der Waals surface area contributed by atoms with Crippen molar-refractivity contribution in [3.8, 4) is 11.5 Å². The molecule has 5 heteroatoms. The van der Waals surface area contributed by atoms with Gasteiger partial charge in [0.1, 0.15) is 5.56 Å². The van der Waals surface area contributed by atoms with Crippen LogP contribution >= 0.6 is 0 Å². The Kier molecular flexibility index (Phi) is 2.44. The van der Waals surface area contributed by atoms with Crippen molar-refractivity contribution in [3.63, 3.8) is 0 Å². The van der Waals surface area contributed by atoms with Gasteiger partial charge in [-0.2, -0.15) is 0 Å². The predicted molar refractivity (Wildman–Crippen MR) is 58.3 cm³/mol. The minimum Gasteiger partial charge on any atom is -0.478 e. The molecule has 82 valence electrons. The lowest BCUT2D eigenvalue weighted by molar-refractivity contribution is 0.0694. The average Bonchev–Trinajstić information content (AvgIpc) is 2.67. The Bertz CT molecular complexity index is 509. The van der Waals surface area contributed by atoms with Gasteiger partial charge in [0.15, 0.2) is 5.82 Å². The lowest BCUT2D eigenvalue weighted by atomic mass is 10.1. The third kappa shape index (κ3) is 1.67. The van der Waals surface area contributed by atoms with E-state index in [2.05, 4.69) is 15.0 Å². The first-order valence-electron chi connectivity index (χ1n) is 4.82. The number of rotatable bonds is 2. The van der Waals surface area contributed by atoms with Gasteiger partial charge in [0, 0.05) is 6.20 Å². The lowest BCUT2D eigenvalue weighted by Crippen LogP contribution is -2.08. The first-order valence-corrected chi connectivity index (χ1v) is 4.82. The molecule has 16 heavy (non-hydrogen) atoms. The molecule has 2 N–H and O–H groups in total. The Morgan fingerprint density at radius 1 is 1.31 bits per heavy atom. The van der Waals surface area contributed by atoms with Crippen LogP contribution in [0.1, 0.15) is 21.7 Å². The SMILES string of the molecule is Cc1nc(-c2ccc[nH]2)nc(C)c1C(=O)O. The van der Waals surface area contributed by atoms with Crippen molar-refractivity contribution in [1.82, 2.24) is 15.0 Å². The van der Waals surface area contributed by atoms with Crippen LogP contribution in [0.5, 0.6) is 0 Å². The minimum atomic E-state index is -0.993. The van der Waals surface area contributed by atoms with Crippen molar-refractivity contribution >= 4 is 5.97 Å².